The molecule has 2 aromatic heterocycles. The van der Waals surface area contributed by atoms with Crippen LogP contribution < -0.4 is 10.8 Å². The molecule has 3 heterocycles. The van der Waals surface area contributed by atoms with Crippen molar-refractivity contribution < 1.29 is 23.6 Å². The van der Waals surface area contributed by atoms with E-state index in [2.05, 4.69) is 20.0 Å². The maximum Gasteiger partial charge on any atom is 0.432 e. The van der Waals surface area contributed by atoms with E-state index in [0.717, 1.165) is 12.0 Å². The number of fused-ring (bicyclic) bond motifs is 1. The van der Waals surface area contributed by atoms with Gasteiger partial charge in [-0.1, -0.05) is 42.5 Å². The maximum atomic E-state index is 12.7. The Bertz CT molecular complexity index is 1300. The molecule has 1 aliphatic heterocycles. The molecule has 1 fully saturated rings. The van der Waals surface area contributed by atoms with Crippen molar-refractivity contribution >= 4 is 30.6 Å². The fourth-order valence-electron chi connectivity index (χ4n) is 4.53. The second-order valence-electron chi connectivity index (χ2n) is 8.88. The normalized spacial score (nSPS) is 23.8. The molecule has 0 spiro atoms. The SMILES string of the molecule is Nc1ncnc2c1ncn2[C@@H]1C=C[C@H](COP(=O)(O)NC(=O)[C@@H]2CCCN2OCc2ccccc2)C1. The Morgan fingerprint density at radius 3 is 2.89 bits per heavy atom. The number of hydroxylamine groups is 2. The van der Waals surface area contributed by atoms with Gasteiger partial charge >= 0.3 is 7.75 Å². The second-order valence-corrected chi connectivity index (χ2v) is 10.4. The number of anilines is 1. The van der Waals surface area contributed by atoms with Crippen molar-refractivity contribution in [2.75, 3.05) is 18.9 Å². The number of nitrogens with two attached hydrogens (primary N) is 1. The Morgan fingerprint density at radius 1 is 1.22 bits per heavy atom. The fraction of sp³-hybridized carbons (Fsp3) is 0.391. The molecular weight excluding hydrogens is 485 g/mol. The number of allylic oxidation sites excluding steroid dienone is 1. The molecule has 1 aromatic carbocycles. The molecule has 190 valence electrons. The highest BCUT2D eigenvalue weighted by molar-refractivity contribution is 7.51. The zero-order valence-corrected chi connectivity index (χ0v) is 20.4. The van der Waals surface area contributed by atoms with Gasteiger partial charge in [-0.2, -0.15) is 5.06 Å². The summed E-state index contributed by atoms with van der Waals surface area (Å²) in [5.74, 6) is -0.404. The molecule has 12 nitrogen and oxygen atoms in total. The van der Waals surface area contributed by atoms with Gasteiger partial charge in [0.25, 0.3) is 0 Å². The van der Waals surface area contributed by atoms with Crippen molar-refractivity contribution in [2.24, 2.45) is 5.92 Å². The van der Waals surface area contributed by atoms with Gasteiger partial charge in [-0.3, -0.25) is 19.2 Å². The Hall–Kier alpha value is -3.15. The number of nitrogens with zero attached hydrogens (tertiary/aromatic N) is 5. The lowest BCUT2D eigenvalue weighted by molar-refractivity contribution is -0.183. The van der Waals surface area contributed by atoms with Crippen molar-refractivity contribution in [3.63, 3.8) is 0 Å². The molecule has 4 atom stereocenters. The van der Waals surface area contributed by atoms with Crippen LogP contribution in [0.25, 0.3) is 11.2 Å². The number of carbonyl (C=O) groups excluding carboxylic acids is 1. The monoisotopic (exact) mass is 513 g/mol. The Morgan fingerprint density at radius 2 is 2.06 bits per heavy atom. The quantitative estimate of drug-likeness (QED) is 0.286. The highest BCUT2D eigenvalue weighted by Gasteiger charge is 2.36. The average molecular weight is 513 g/mol. The van der Waals surface area contributed by atoms with Gasteiger partial charge < -0.3 is 15.2 Å². The first-order valence-electron chi connectivity index (χ1n) is 11.7. The van der Waals surface area contributed by atoms with E-state index in [4.69, 9.17) is 15.1 Å². The Labute approximate surface area is 207 Å². The summed E-state index contributed by atoms with van der Waals surface area (Å²) in [6, 6.07) is 8.90. The number of aromatic nitrogens is 4. The molecule has 5 rings (SSSR count). The van der Waals surface area contributed by atoms with Gasteiger partial charge in [-0.25, -0.2) is 19.5 Å². The lowest BCUT2D eigenvalue weighted by Crippen LogP contribution is -2.42. The first-order valence-corrected chi connectivity index (χ1v) is 13.3. The molecule has 0 saturated carbocycles. The number of hydrogen-bond acceptors (Lipinski definition) is 9. The topological polar surface area (TPSA) is 158 Å². The van der Waals surface area contributed by atoms with Crippen molar-refractivity contribution in [2.45, 2.75) is 38.0 Å². The third-order valence-electron chi connectivity index (χ3n) is 6.36. The second kappa shape index (κ2) is 10.5. The Kier molecular flexibility index (Phi) is 7.13. The van der Waals surface area contributed by atoms with E-state index in [0.29, 0.717) is 43.0 Å². The molecule has 4 N–H and O–H groups in total. The van der Waals surface area contributed by atoms with Crippen LogP contribution in [0.2, 0.25) is 0 Å². The number of hydrogen-bond donors (Lipinski definition) is 3. The van der Waals surface area contributed by atoms with E-state index >= 15 is 0 Å². The van der Waals surface area contributed by atoms with Crippen LogP contribution in [0.5, 0.6) is 0 Å². The summed E-state index contributed by atoms with van der Waals surface area (Å²) >= 11 is 0. The first kappa shape index (κ1) is 24.5. The molecule has 1 saturated heterocycles. The van der Waals surface area contributed by atoms with Crippen LogP contribution in [-0.4, -0.2) is 54.6 Å². The molecule has 0 bridgehead atoms. The summed E-state index contributed by atoms with van der Waals surface area (Å²) in [5.41, 5.74) is 7.98. The largest absolute Gasteiger partial charge is 0.432 e. The summed E-state index contributed by atoms with van der Waals surface area (Å²) < 4.78 is 19.8. The van der Waals surface area contributed by atoms with Gasteiger partial charge in [-0.05, 0) is 24.8 Å². The predicted molar refractivity (Wildman–Crippen MR) is 131 cm³/mol. The zero-order chi connectivity index (χ0) is 25.1. The highest BCUT2D eigenvalue weighted by atomic mass is 31.2. The maximum absolute atomic E-state index is 12.7. The predicted octanol–water partition coefficient (Wildman–Crippen LogP) is 2.36. The molecule has 13 heteroatoms. The van der Waals surface area contributed by atoms with E-state index in [1.807, 2.05) is 47.1 Å². The van der Waals surface area contributed by atoms with Crippen LogP contribution in [0, 0.1) is 5.92 Å². The summed E-state index contributed by atoms with van der Waals surface area (Å²) in [6.07, 6.45) is 8.81. The van der Waals surface area contributed by atoms with Crippen molar-refractivity contribution in [3.8, 4) is 0 Å². The third kappa shape index (κ3) is 5.48. The van der Waals surface area contributed by atoms with E-state index in [-0.39, 0.29) is 18.6 Å². The average Bonchev–Trinajstić information content (AvgIpc) is 3.61. The van der Waals surface area contributed by atoms with Gasteiger partial charge in [0.2, 0.25) is 5.91 Å². The number of nitrogen functional groups attached to an aromatic ring is 1. The van der Waals surface area contributed by atoms with Crippen molar-refractivity contribution in [1.82, 2.24) is 29.7 Å². The highest BCUT2D eigenvalue weighted by Crippen LogP contribution is 2.40. The third-order valence-corrected chi connectivity index (χ3v) is 7.36. The standard InChI is InChI=1S/C23H28N7O5P/c24-21-20-22(26-14-25-21)29(15-27-20)18-9-8-17(11-18)13-35-36(32,33)28-23(31)19-7-4-10-30(19)34-12-16-5-2-1-3-6-16/h1-3,5-6,8-9,14-15,17-19H,4,7,10-13H2,(H2,24,25,26)(H2,28,31,32,33)/t17-,18+,19-/m0/s1. The first-order chi connectivity index (χ1) is 17.4. The minimum absolute atomic E-state index is 0.0241. The number of rotatable bonds is 9. The number of nitrogens with one attached hydrogen (secondary N) is 1. The van der Waals surface area contributed by atoms with E-state index < -0.39 is 19.7 Å². The number of benzene rings is 1. The summed E-state index contributed by atoms with van der Waals surface area (Å²) in [5, 5.41) is 3.75. The van der Waals surface area contributed by atoms with Gasteiger partial charge in [-0.15, -0.1) is 0 Å². The van der Waals surface area contributed by atoms with Crippen LogP contribution in [-0.2, 0) is 25.3 Å². The van der Waals surface area contributed by atoms with Crippen LogP contribution in [0.1, 0.15) is 30.9 Å². The van der Waals surface area contributed by atoms with E-state index in [1.54, 1.807) is 11.4 Å². The molecule has 3 aromatic rings. The molecule has 36 heavy (non-hydrogen) atoms. The van der Waals surface area contributed by atoms with Gasteiger partial charge in [0.1, 0.15) is 17.9 Å². The minimum Gasteiger partial charge on any atom is -0.382 e. The van der Waals surface area contributed by atoms with Gasteiger partial charge in [0, 0.05) is 12.5 Å². The van der Waals surface area contributed by atoms with Crippen LogP contribution >= 0.6 is 7.75 Å². The smallest absolute Gasteiger partial charge is 0.382 e. The number of carbonyl (C=O) groups is 1. The Balaban J connectivity index is 1.12. The van der Waals surface area contributed by atoms with Crippen LogP contribution in [0.4, 0.5) is 5.82 Å². The van der Waals surface area contributed by atoms with E-state index in [1.165, 1.54) is 6.33 Å². The summed E-state index contributed by atoms with van der Waals surface area (Å²) in [6.45, 7) is 0.858. The van der Waals surface area contributed by atoms with Gasteiger partial charge in [0.15, 0.2) is 11.5 Å². The molecule has 2 aliphatic rings. The number of imidazole rings is 1. The number of amides is 1. The summed E-state index contributed by atoms with van der Waals surface area (Å²) in [7, 11) is -4.35. The fourth-order valence-corrected chi connectivity index (χ4v) is 5.41. The van der Waals surface area contributed by atoms with Crippen molar-refractivity contribution in [1.29, 1.82) is 0 Å². The van der Waals surface area contributed by atoms with Crippen LogP contribution in [0.15, 0.2) is 55.1 Å². The summed E-state index contributed by atoms with van der Waals surface area (Å²) in [4.78, 5) is 41.3. The van der Waals surface area contributed by atoms with E-state index in [9.17, 15) is 14.3 Å². The lowest BCUT2D eigenvalue weighted by atomic mass is 10.1. The van der Waals surface area contributed by atoms with Gasteiger partial charge in [0.05, 0.1) is 25.6 Å². The molecule has 1 aliphatic carbocycles. The molecule has 1 unspecified atom stereocenters. The minimum atomic E-state index is -4.35. The lowest BCUT2D eigenvalue weighted by Gasteiger charge is -2.24. The molecule has 1 amide bonds. The van der Waals surface area contributed by atoms with Crippen molar-refractivity contribution in [3.05, 3.63) is 60.7 Å². The van der Waals surface area contributed by atoms with Crippen LogP contribution in [0.3, 0.4) is 0 Å². The molecule has 0 radical (unpaired) electrons. The molecular formula is C23H28N7O5P. The zero-order valence-electron chi connectivity index (χ0n) is 19.5.